The van der Waals surface area contributed by atoms with Gasteiger partial charge in [-0.2, -0.15) is 0 Å². The van der Waals surface area contributed by atoms with Gasteiger partial charge in [-0.3, -0.25) is 4.79 Å². The lowest BCUT2D eigenvalue weighted by Crippen LogP contribution is -2.18. The summed E-state index contributed by atoms with van der Waals surface area (Å²) in [5, 5.41) is 0.560. The molecule has 1 unspecified atom stereocenters. The summed E-state index contributed by atoms with van der Waals surface area (Å²) in [5.74, 6) is 0. The van der Waals surface area contributed by atoms with Crippen LogP contribution in [0.5, 0.6) is 0 Å². The van der Waals surface area contributed by atoms with E-state index in [1.807, 2.05) is 7.05 Å². The number of rotatable bonds is 1. The Kier molecular flexibility index (Phi) is 2.60. The summed E-state index contributed by atoms with van der Waals surface area (Å²) in [6.45, 7) is 4.97. The van der Waals surface area contributed by atoms with Crippen LogP contribution in [-0.2, 0) is 0 Å². The lowest BCUT2D eigenvalue weighted by atomic mass is 10.2. The molecular weight excluding hydrogens is 158 g/mol. The lowest BCUT2D eigenvalue weighted by molar-refractivity contribution is 0.238. The van der Waals surface area contributed by atoms with Gasteiger partial charge in [0.1, 0.15) is 0 Å². The van der Waals surface area contributed by atoms with Crippen molar-refractivity contribution in [1.82, 2.24) is 4.90 Å². The van der Waals surface area contributed by atoms with Crippen LogP contribution >= 0.6 is 11.8 Å². The average Bonchev–Trinajstić information content (AvgIpc) is 2.10. The molecule has 1 amide bonds. The zero-order chi connectivity index (χ0) is 8.43. The first-order valence-corrected chi connectivity index (χ1v) is 4.54. The maximum Gasteiger partial charge on any atom is 0.282 e. The van der Waals surface area contributed by atoms with Gasteiger partial charge in [0.25, 0.3) is 5.24 Å². The molecule has 0 radical (unpaired) electrons. The summed E-state index contributed by atoms with van der Waals surface area (Å²) in [6.07, 6.45) is 2.14. The number of thioether (sulfide) groups is 1. The fourth-order valence-electron chi connectivity index (χ4n) is 1.06. The second-order valence-electron chi connectivity index (χ2n) is 3.05. The van der Waals surface area contributed by atoms with E-state index in [4.69, 9.17) is 0 Å². The fraction of sp³-hybridized carbons (Fsp3) is 0.625. The van der Waals surface area contributed by atoms with Gasteiger partial charge in [0.05, 0.1) is 0 Å². The van der Waals surface area contributed by atoms with E-state index in [2.05, 4.69) is 19.9 Å². The average molecular weight is 171 g/mol. The summed E-state index contributed by atoms with van der Waals surface area (Å²) < 4.78 is 0. The first-order chi connectivity index (χ1) is 5.09. The van der Waals surface area contributed by atoms with E-state index in [1.54, 1.807) is 4.90 Å². The monoisotopic (exact) mass is 171 g/mol. The maximum absolute atomic E-state index is 11.0. The Bertz CT molecular complexity index is 196. The van der Waals surface area contributed by atoms with Crippen LogP contribution in [0.1, 0.15) is 13.8 Å². The van der Waals surface area contributed by atoms with Gasteiger partial charge in [0.2, 0.25) is 0 Å². The molecular formula is C8H13NOS. The zero-order valence-corrected chi connectivity index (χ0v) is 7.94. The zero-order valence-electron chi connectivity index (χ0n) is 7.13. The standard InChI is InChI=1S/C8H13NOS/c1-6(2)4-7-5-9(3)8(10)11-7/h4,7H,5H2,1-3H3. The molecule has 0 spiro atoms. The molecule has 11 heavy (non-hydrogen) atoms. The number of allylic oxidation sites excluding steroid dienone is 1. The van der Waals surface area contributed by atoms with Crippen LogP contribution in [0.15, 0.2) is 11.6 Å². The topological polar surface area (TPSA) is 20.3 Å². The van der Waals surface area contributed by atoms with Crippen LogP contribution in [0.3, 0.4) is 0 Å². The lowest BCUT2D eigenvalue weighted by Gasteiger charge is -2.04. The van der Waals surface area contributed by atoms with E-state index < -0.39 is 0 Å². The maximum atomic E-state index is 11.0. The van der Waals surface area contributed by atoms with Gasteiger partial charge in [0, 0.05) is 18.8 Å². The minimum atomic E-state index is 0.188. The van der Waals surface area contributed by atoms with Crippen molar-refractivity contribution < 1.29 is 4.79 Å². The number of nitrogens with zero attached hydrogens (tertiary/aromatic N) is 1. The molecule has 1 aliphatic rings. The van der Waals surface area contributed by atoms with Crippen molar-refractivity contribution in [2.24, 2.45) is 0 Å². The molecule has 0 aromatic rings. The van der Waals surface area contributed by atoms with Gasteiger partial charge >= 0.3 is 0 Å². The number of carbonyl (C=O) groups excluding carboxylic acids is 1. The van der Waals surface area contributed by atoms with E-state index in [9.17, 15) is 4.79 Å². The first kappa shape index (κ1) is 8.65. The Morgan fingerprint density at radius 3 is 2.73 bits per heavy atom. The quantitative estimate of drug-likeness (QED) is 0.563. The molecule has 0 aromatic heterocycles. The van der Waals surface area contributed by atoms with Crippen LogP contribution in [0.25, 0.3) is 0 Å². The Morgan fingerprint density at radius 1 is 1.73 bits per heavy atom. The molecule has 0 N–H and O–H groups in total. The van der Waals surface area contributed by atoms with Crippen molar-refractivity contribution in [1.29, 1.82) is 0 Å². The highest BCUT2D eigenvalue weighted by Crippen LogP contribution is 2.25. The second kappa shape index (κ2) is 3.30. The van der Waals surface area contributed by atoms with Crippen molar-refractivity contribution in [3.05, 3.63) is 11.6 Å². The predicted molar refractivity (Wildman–Crippen MR) is 48.8 cm³/mol. The Labute approximate surface area is 71.6 Å². The molecule has 2 nitrogen and oxygen atoms in total. The molecule has 0 saturated carbocycles. The number of hydrogen-bond donors (Lipinski definition) is 0. The molecule has 3 heteroatoms. The highest BCUT2D eigenvalue weighted by atomic mass is 32.2. The third-order valence-corrected chi connectivity index (χ3v) is 2.64. The van der Waals surface area contributed by atoms with E-state index in [0.29, 0.717) is 5.25 Å². The van der Waals surface area contributed by atoms with Gasteiger partial charge in [0.15, 0.2) is 0 Å². The van der Waals surface area contributed by atoms with Crippen LogP contribution in [0.4, 0.5) is 4.79 Å². The van der Waals surface area contributed by atoms with E-state index in [1.165, 1.54) is 17.3 Å². The van der Waals surface area contributed by atoms with Crippen LogP contribution in [-0.4, -0.2) is 29.0 Å². The van der Waals surface area contributed by atoms with E-state index >= 15 is 0 Å². The van der Waals surface area contributed by atoms with Crippen LogP contribution in [0, 0.1) is 0 Å². The van der Waals surface area contributed by atoms with Gasteiger partial charge in [-0.05, 0) is 13.8 Å². The third-order valence-electron chi connectivity index (χ3n) is 1.54. The highest BCUT2D eigenvalue weighted by Gasteiger charge is 2.25. The van der Waals surface area contributed by atoms with Crippen molar-refractivity contribution in [2.45, 2.75) is 19.1 Å². The molecule has 1 heterocycles. The van der Waals surface area contributed by atoms with Crippen molar-refractivity contribution >= 4 is 17.0 Å². The minimum absolute atomic E-state index is 0.188. The van der Waals surface area contributed by atoms with Gasteiger partial charge < -0.3 is 4.90 Å². The van der Waals surface area contributed by atoms with E-state index in [-0.39, 0.29) is 5.24 Å². The van der Waals surface area contributed by atoms with Crippen molar-refractivity contribution in [3.8, 4) is 0 Å². The second-order valence-corrected chi connectivity index (χ2v) is 4.24. The molecule has 0 aromatic carbocycles. The van der Waals surface area contributed by atoms with Crippen LogP contribution in [0.2, 0.25) is 0 Å². The molecule has 1 aliphatic heterocycles. The Balaban J connectivity index is 2.54. The van der Waals surface area contributed by atoms with E-state index in [0.717, 1.165) is 6.54 Å². The van der Waals surface area contributed by atoms with Crippen molar-refractivity contribution in [2.75, 3.05) is 13.6 Å². The predicted octanol–water partition coefficient (Wildman–Crippen LogP) is 2.12. The summed E-state index contributed by atoms with van der Waals surface area (Å²) in [7, 11) is 1.84. The molecule has 62 valence electrons. The molecule has 1 atom stereocenters. The number of hydrogen-bond acceptors (Lipinski definition) is 2. The molecule has 1 saturated heterocycles. The largest absolute Gasteiger partial charge is 0.335 e. The minimum Gasteiger partial charge on any atom is -0.335 e. The highest BCUT2D eigenvalue weighted by molar-refractivity contribution is 8.14. The third kappa shape index (κ3) is 2.26. The Hall–Kier alpha value is -0.440. The Morgan fingerprint density at radius 2 is 2.36 bits per heavy atom. The summed E-state index contributed by atoms with van der Waals surface area (Å²) in [5.41, 5.74) is 1.28. The van der Waals surface area contributed by atoms with Gasteiger partial charge in [-0.25, -0.2) is 0 Å². The smallest absolute Gasteiger partial charge is 0.282 e. The van der Waals surface area contributed by atoms with Crippen LogP contribution < -0.4 is 0 Å². The summed E-state index contributed by atoms with van der Waals surface area (Å²) >= 11 is 1.41. The van der Waals surface area contributed by atoms with Crippen molar-refractivity contribution in [3.63, 3.8) is 0 Å². The molecule has 1 fully saturated rings. The van der Waals surface area contributed by atoms with Gasteiger partial charge in [-0.1, -0.05) is 23.4 Å². The molecule has 0 bridgehead atoms. The molecule has 0 aliphatic carbocycles. The first-order valence-electron chi connectivity index (χ1n) is 3.66. The number of carbonyl (C=O) groups is 1. The fourth-order valence-corrected chi connectivity index (χ4v) is 2.21. The SMILES string of the molecule is CC(C)=CC1CN(C)C(=O)S1. The summed E-state index contributed by atoms with van der Waals surface area (Å²) in [4.78, 5) is 12.8. The number of amides is 1. The summed E-state index contributed by atoms with van der Waals surface area (Å²) in [6, 6.07) is 0. The van der Waals surface area contributed by atoms with Gasteiger partial charge in [-0.15, -0.1) is 0 Å². The molecule has 1 rings (SSSR count). The normalized spacial score (nSPS) is 24.1.